The maximum absolute atomic E-state index is 13.7. The molecular weight excluding hydrogens is 664 g/mol. The van der Waals surface area contributed by atoms with Crippen LogP contribution in [0.3, 0.4) is 0 Å². The minimum absolute atomic E-state index is 0.0484. The monoisotopic (exact) mass is 691 g/mol. The fourth-order valence-corrected chi connectivity index (χ4v) is 6.17. The van der Waals surface area contributed by atoms with Crippen LogP contribution in [0.15, 0.2) is 36.4 Å². The number of carbonyl (C=O) groups is 2. The Morgan fingerprint density at radius 2 is 1.74 bits per heavy atom. The highest BCUT2D eigenvalue weighted by atomic mass is 35.5. The number of nitrogens with zero attached hydrogens (tertiary/aromatic N) is 4. The number of nitrogens with one attached hydrogen (secondary N) is 1. The fourth-order valence-electron chi connectivity index (χ4n) is 5.97. The molecule has 0 aliphatic carbocycles. The van der Waals surface area contributed by atoms with Gasteiger partial charge in [0.25, 0.3) is 0 Å². The average Bonchev–Trinajstić information content (AvgIpc) is 3.55. The number of carboxylic acids is 1. The molecule has 4 heterocycles. The van der Waals surface area contributed by atoms with E-state index in [0.29, 0.717) is 29.2 Å². The highest BCUT2D eigenvalue weighted by Gasteiger charge is 2.46. The topological polar surface area (TPSA) is 137 Å². The van der Waals surface area contributed by atoms with Gasteiger partial charge in [0.15, 0.2) is 0 Å². The average molecular weight is 692 g/mol. The van der Waals surface area contributed by atoms with Crippen molar-refractivity contribution in [1.29, 1.82) is 0 Å². The molecule has 6 rings (SSSR count). The van der Waals surface area contributed by atoms with Crippen LogP contribution in [0.2, 0.25) is 5.02 Å². The van der Waals surface area contributed by atoms with Gasteiger partial charge in [-0.3, -0.25) is 10.2 Å². The van der Waals surface area contributed by atoms with Crippen molar-refractivity contribution >= 4 is 46.1 Å². The predicted molar refractivity (Wildman–Crippen MR) is 156 cm³/mol. The number of aliphatic hydroxyl groups excluding tert-OH is 1. The Hall–Kier alpha value is -4.09. The summed E-state index contributed by atoms with van der Waals surface area (Å²) in [6.45, 7) is 1.72. The predicted octanol–water partition coefficient (Wildman–Crippen LogP) is 5.13. The summed E-state index contributed by atoms with van der Waals surface area (Å²) in [6, 6.07) is 9.68. The third-order valence-corrected chi connectivity index (χ3v) is 8.44. The summed E-state index contributed by atoms with van der Waals surface area (Å²) in [7, 11) is 1.21. The van der Waals surface area contributed by atoms with Crippen molar-refractivity contribution in [2.75, 3.05) is 43.5 Å². The second kappa shape index (κ2) is 12.8. The molecule has 0 saturated carbocycles. The van der Waals surface area contributed by atoms with Crippen molar-refractivity contribution < 1.29 is 55.6 Å². The van der Waals surface area contributed by atoms with Crippen molar-refractivity contribution in [2.45, 2.75) is 49.4 Å². The highest BCUT2D eigenvalue weighted by molar-refractivity contribution is 6.30. The molecular formula is C29H28ClF6N5O6. The number of carboxylic acid groups (broad SMARTS) is 1. The number of anilines is 2. The van der Waals surface area contributed by atoms with Crippen molar-refractivity contribution in [3.63, 3.8) is 0 Å². The van der Waals surface area contributed by atoms with Gasteiger partial charge >= 0.3 is 24.4 Å². The molecule has 0 radical (unpaired) electrons. The Morgan fingerprint density at radius 3 is 2.36 bits per heavy atom. The van der Waals surface area contributed by atoms with Crippen molar-refractivity contribution in [3.05, 3.63) is 52.8 Å². The van der Waals surface area contributed by atoms with Gasteiger partial charge in [0.05, 0.1) is 24.8 Å². The van der Waals surface area contributed by atoms with Crippen molar-refractivity contribution in [3.8, 4) is 5.75 Å². The molecule has 3 aromatic rings. The highest BCUT2D eigenvalue weighted by Crippen LogP contribution is 2.43. The number of methoxy groups -OCH3 is 1. The molecule has 2 atom stereocenters. The number of halogens is 7. The summed E-state index contributed by atoms with van der Waals surface area (Å²) < 4.78 is 83.8. The van der Waals surface area contributed by atoms with Crippen LogP contribution in [0.5, 0.6) is 5.75 Å². The van der Waals surface area contributed by atoms with Gasteiger partial charge in [-0.05, 0) is 42.0 Å². The van der Waals surface area contributed by atoms with Gasteiger partial charge in [-0.2, -0.15) is 26.3 Å². The summed E-state index contributed by atoms with van der Waals surface area (Å²) in [5, 5.41) is 21.7. The quantitative estimate of drug-likeness (QED) is 0.317. The number of likely N-dealkylation sites (tertiary alicyclic amines) is 1. The van der Waals surface area contributed by atoms with Gasteiger partial charge < -0.3 is 24.6 Å². The third-order valence-electron chi connectivity index (χ3n) is 8.20. The minimum Gasteiger partial charge on any atom is -0.487 e. The standard InChI is InChI=1S/C27H27ClF3N5O4.C2HF3O2/c1-39-25(38)32-17-3-4-19-18(11-17)23(34-24(33-19)27(29,30)31)36-13-20(21(37)14-36)35-8-6-26(7-9-35)12-15-10-16(28)2-5-22(15)40-26;3-2(4,5)1(6)7/h2-5,10-11,20-21,37H,6-9,12-14H2,1H3,(H,32,38);(H,6,7)/t20?,21-;/m1./s1. The van der Waals surface area contributed by atoms with Gasteiger partial charge in [0.2, 0.25) is 5.82 Å². The number of rotatable bonds is 3. The number of benzene rings is 2. The lowest BCUT2D eigenvalue weighted by molar-refractivity contribution is -0.192. The molecule has 0 bridgehead atoms. The zero-order valence-electron chi connectivity index (χ0n) is 24.5. The van der Waals surface area contributed by atoms with Crippen LogP contribution in [-0.4, -0.2) is 94.4 Å². The fraction of sp³-hybridized carbons (Fsp3) is 0.448. The van der Waals surface area contributed by atoms with Crippen LogP contribution in [0, 0.1) is 0 Å². The molecule has 1 aromatic heterocycles. The maximum Gasteiger partial charge on any atom is 0.490 e. The van der Waals surface area contributed by atoms with Gasteiger partial charge in [-0.25, -0.2) is 19.6 Å². The summed E-state index contributed by atoms with van der Waals surface area (Å²) in [6.07, 6.45) is -9.09. The lowest BCUT2D eigenvalue weighted by atomic mass is 9.86. The number of ether oxygens (including phenoxy) is 2. The van der Waals surface area contributed by atoms with Gasteiger partial charge in [0.1, 0.15) is 17.2 Å². The third kappa shape index (κ3) is 7.57. The van der Waals surface area contributed by atoms with E-state index in [1.807, 2.05) is 18.2 Å². The molecule has 2 saturated heterocycles. The van der Waals surface area contributed by atoms with Crippen LogP contribution in [0.1, 0.15) is 24.2 Å². The van der Waals surface area contributed by atoms with E-state index in [1.54, 1.807) is 4.90 Å². The number of alkyl halides is 6. The van der Waals surface area contributed by atoms with Crippen molar-refractivity contribution in [2.24, 2.45) is 0 Å². The van der Waals surface area contributed by atoms with E-state index in [0.717, 1.165) is 30.6 Å². The minimum atomic E-state index is -5.08. The normalized spacial score (nSPS) is 20.7. The summed E-state index contributed by atoms with van der Waals surface area (Å²) in [5.74, 6) is -3.12. The molecule has 3 aliphatic heterocycles. The lowest BCUT2D eigenvalue weighted by Gasteiger charge is -2.41. The number of amides is 1. The molecule has 254 valence electrons. The maximum atomic E-state index is 13.7. The van der Waals surface area contributed by atoms with Gasteiger partial charge in [0, 0.05) is 61.5 Å². The molecule has 1 unspecified atom stereocenters. The van der Waals surface area contributed by atoms with Crippen LogP contribution >= 0.6 is 11.6 Å². The smallest absolute Gasteiger partial charge is 0.487 e. The van der Waals surface area contributed by atoms with E-state index >= 15 is 0 Å². The van der Waals surface area contributed by atoms with E-state index in [2.05, 4.69) is 24.9 Å². The number of hydrogen-bond acceptors (Lipinski definition) is 9. The molecule has 47 heavy (non-hydrogen) atoms. The number of piperidine rings is 1. The number of aliphatic carboxylic acids is 1. The second-order valence-electron chi connectivity index (χ2n) is 11.3. The van der Waals surface area contributed by atoms with Crippen LogP contribution in [0.25, 0.3) is 10.9 Å². The summed E-state index contributed by atoms with van der Waals surface area (Å²) in [5.41, 5.74) is 1.16. The van der Waals surface area contributed by atoms with E-state index < -0.39 is 36.3 Å². The summed E-state index contributed by atoms with van der Waals surface area (Å²) in [4.78, 5) is 32.0. The number of hydrogen-bond donors (Lipinski definition) is 3. The van der Waals surface area contributed by atoms with E-state index in [-0.39, 0.29) is 36.1 Å². The first-order valence-electron chi connectivity index (χ1n) is 14.2. The van der Waals surface area contributed by atoms with Gasteiger partial charge in [-0.1, -0.05) is 11.6 Å². The first kappa shape index (κ1) is 34.3. The number of β-amino-alcohol motifs (C(OH)–C–C–N with tert-alkyl or cyclic N) is 1. The number of carbonyl (C=O) groups excluding carboxylic acids is 1. The Bertz CT molecular complexity index is 1670. The molecule has 1 spiro atoms. The molecule has 3 N–H and O–H groups in total. The molecule has 1 amide bonds. The summed E-state index contributed by atoms with van der Waals surface area (Å²) >= 11 is 6.16. The first-order chi connectivity index (χ1) is 22.0. The lowest BCUT2D eigenvalue weighted by Crippen LogP contribution is -2.53. The zero-order valence-corrected chi connectivity index (χ0v) is 25.3. The number of aliphatic hydroxyl groups is 1. The SMILES string of the molecule is COC(=O)Nc1ccc2nc(C(F)(F)F)nc(N3CC(N4CCC5(CC4)Cc4cc(Cl)ccc4O5)[C@H](O)C3)c2c1.O=C(O)C(F)(F)F. The van der Waals surface area contributed by atoms with Crippen LogP contribution < -0.4 is 15.0 Å². The van der Waals surface area contributed by atoms with Crippen LogP contribution in [0.4, 0.5) is 42.6 Å². The van der Waals surface area contributed by atoms with Crippen molar-refractivity contribution in [1.82, 2.24) is 14.9 Å². The van der Waals surface area contributed by atoms with Crippen LogP contribution in [-0.2, 0) is 22.1 Å². The Morgan fingerprint density at radius 1 is 1.06 bits per heavy atom. The van der Waals surface area contributed by atoms with E-state index in [1.165, 1.54) is 25.3 Å². The van der Waals surface area contributed by atoms with E-state index in [4.69, 9.17) is 26.2 Å². The molecule has 2 fully saturated rings. The zero-order chi connectivity index (χ0) is 34.3. The first-order valence-corrected chi connectivity index (χ1v) is 14.5. The number of fused-ring (bicyclic) bond motifs is 2. The Labute approximate surface area is 268 Å². The number of aromatic nitrogens is 2. The second-order valence-corrected chi connectivity index (χ2v) is 11.7. The van der Waals surface area contributed by atoms with Gasteiger partial charge in [-0.15, -0.1) is 0 Å². The molecule has 2 aromatic carbocycles. The Balaban J connectivity index is 0.000000559. The molecule has 18 heteroatoms. The molecule has 11 nitrogen and oxygen atoms in total. The van der Waals surface area contributed by atoms with E-state index in [9.17, 15) is 36.2 Å². The Kier molecular flexibility index (Phi) is 9.36. The largest absolute Gasteiger partial charge is 0.490 e. The molecule has 3 aliphatic rings.